The predicted molar refractivity (Wildman–Crippen MR) is 88.9 cm³/mol. The van der Waals surface area contributed by atoms with Crippen LogP contribution in [0.4, 0.5) is 19.0 Å². The van der Waals surface area contributed by atoms with E-state index in [1.165, 1.54) is 10.5 Å². The van der Waals surface area contributed by atoms with Crippen molar-refractivity contribution in [3.8, 4) is 0 Å². The van der Waals surface area contributed by atoms with E-state index in [-0.39, 0.29) is 6.04 Å². The maximum Gasteiger partial charge on any atom is 0.401 e. The summed E-state index contributed by atoms with van der Waals surface area (Å²) in [5.41, 5.74) is 2.36. The molecule has 1 N–H and O–H groups in total. The minimum atomic E-state index is -4.12. The molecule has 1 atom stereocenters. The number of nitrogens with one attached hydrogen (secondary N) is 1. The Kier molecular flexibility index (Phi) is 7.32. The molecule has 3 nitrogen and oxygen atoms in total. The minimum Gasteiger partial charge on any atom is -0.366 e. The Hall–Kier alpha value is -1.30. The molecular formula is C17H28F3N3. The molecule has 0 amide bonds. The third-order valence-electron chi connectivity index (χ3n) is 3.79. The second-order valence-corrected chi connectivity index (χ2v) is 6.06. The predicted octanol–water partition coefficient (Wildman–Crippen LogP) is 4.59. The molecule has 1 fully saturated rings. The molecule has 1 aromatic rings. The quantitative estimate of drug-likeness (QED) is 0.875. The van der Waals surface area contributed by atoms with E-state index in [1.807, 2.05) is 33.0 Å². The van der Waals surface area contributed by atoms with Gasteiger partial charge in [0.05, 0.1) is 6.54 Å². The molecule has 1 unspecified atom stereocenters. The SMILES string of the molecule is CC.Cc1cnc(NC2CCN(CC(F)(F)F)C2)cc1C(C)C. The summed E-state index contributed by atoms with van der Waals surface area (Å²) < 4.78 is 37.1. The van der Waals surface area contributed by atoms with Gasteiger partial charge in [0.15, 0.2) is 0 Å². The van der Waals surface area contributed by atoms with Crippen molar-refractivity contribution in [3.05, 3.63) is 23.4 Å². The first kappa shape index (κ1) is 19.7. The van der Waals surface area contributed by atoms with Crippen molar-refractivity contribution in [2.45, 2.75) is 59.2 Å². The first-order valence-corrected chi connectivity index (χ1v) is 8.27. The number of nitrogens with zero attached hydrogens (tertiary/aromatic N) is 2. The van der Waals surface area contributed by atoms with Crippen molar-refractivity contribution in [2.75, 3.05) is 25.0 Å². The molecule has 1 aliphatic heterocycles. The van der Waals surface area contributed by atoms with Gasteiger partial charge in [-0.1, -0.05) is 27.7 Å². The van der Waals surface area contributed by atoms with E-state index in [0.717, 1.165) is 11.4 Å². The number of pyridine rings is 1. The van der Waals surface area contributed by atoms with Crippen molar-refractivity contribution < 1.29 is 13.2 Å². The average molecular weight is 331 g/mol. The van der Waals surface area contributed by atoms with Gasteiger partial charge in [0.2, 0.25) is 0 Å². The van der Waals surface area contributed by atoms with E-state index in [1.54, 1.807) is 0 Å². The van der Waals surface area contributed by atoms with Crippen LogP contribution in [0.3, 0.4) is 0 Å². The summed E-state index contributed by atoms with van der Waals surface area (Å²) in [5, 5.41) is 3.26. The van der Waals surface area contributed by atoms with Crippen LogP contribution in [0.2, 0.25) is 0 Å². The Morgan fingerprint density at radius 2 is 2.00 bits per heavy atom. The zero-order valence-corrected chi connectivity index (χ0v) is 14.7. The molecule has 132 valence electrons. The van der Waals surface area contributed by atoms with Gasteiger partial charge in [-0.2, -0.15) is 13.2 Å². The third-order valence-corrected chi connectivity index (χ3v) is 3.79. The summed E-state index contributed by atoms with van der Waals surface area (Å²) >= 11 is 0. The summed E-state index contributed by atoms with van der Waals surface area (Å²) in [7, 11) is 0. The van der Waals surface area contributed by atoms with Crippen molar-refractivity contribution in [2.24, 2.45) is 0 Å². The van der Waals surface area contributed by atoms with Crippen LogP contribution >= 0.6 is 0 Å². The van der Waals surface area contributed by atoms with Crippen LogP contribution < -0.4 is 5.32 Å². The fraction of sp³-hybridized carbons (Fsp3) is 0.706. The largest absolute Gasteiger partial charge is 0.401 e. The summed E-state index contributed by atoms with van der Waals surface area (Å²) in [6.45, 7) is 10.3. The standard InChI is InChI=1S/C15H22F3N3.C2H6/c1-10(2)13-6-14(19-7-11(13)3)20-12-4-5-21(8-12)9-15(16,17)18;1-2/h6-7,10,12H,4-5,8-9H2,1-3H3,(H,19,20);1-2H3. The molecular weight excluding hydrogens is 303 g/mol. The van der Waals surface area contributed by atoms with Gasteiger partial charge in [-0.15, -0.1) is 0 Å². The fourth-order valence-corrected chi connectivity index (χ4v) is 2.80. The summed E-state index contributed by atoms with van der Waals surface area (Å²) in [6.07, 6.45) is -1.59. The van der Waals surface area contributed by atoms with Crippen LogP contribution in [0.15, 0.2) is 12.3 Å². The summed E-state index contributed by atoms with van der Waals surface area (Å²) in [5.74, 6) is 1.15. The number of alkyl halides is 3. The maximum atomic E-state index is 12.4. The van der Waals surface area contributed by atoms with Gasteiger partial charge in [0.25, 0.3) is 0 Å². The number of rotatable bonds is 4. The Morgan fingerprint density at radius 3 is 2.57 bits per heavy atom. The van der Waals surface area contributed by atoms with Crippen LogP contribution in [0.5, 0.6) is 0 Å². The Bertz CT molecular complexity index is 486. The lowest BCUT2D eigenvalue weighted by atomic mass is 10.00. The zero-order chi connectivity index (χ0) is 17.6. The molecule has 1 aliphatic rings. The molecule has 0 saturated carbocycles. The normalized spacial score (nSPS) is 18.7. The second kappa shape index (κ2) is 8.52. The second-order valence-electron chi connectivity index (χ2n) is 6.06. The summed E-state index contributed by atoms with van der Waals surface area (Å²) in [4.78, 5) is 5.77. The number of hydrogen-bond acceptors (Lipinski definition) is 3. The number of likely N-dealkylation sites (tertiary alicyclic amines) is 1. The lowest BCUT2D eigenvalue weighted by molar-refractivity contribution is -0.143. The highest BCUT2D eigenvalue weighted by Gasteiger charge is 2.34. The van der Waals surface area contributed by atoms with Crippen molar-refractivity contribution in [3.63, 3.8) is 0 Å². The molecule has 0 aromatic carbocycles. The highest BCUT2D eigenvalue weighted by molar-refractivity contribution is 5.43. The van der Waals surface area contributed by atoms with E-state index in [9.17, 15) is 13.2 Å². The van der Waals surface area contributed by atoms with Gasteiger partial charge in [0, 0.05) is 25.3 Å². The first-order valence-electron chi connectivity index (χ1n) is 8.27. The molecule has 6 heteroatoms. The van der Waals surface area contributed by atoms with Gasteiger partial charge in [0.1, 0.15) is 5.82 Å². The number of halogens is 3. The molecule has 1 saturated heterocycles. The van der Waals surface area contributed by atoms with Crippen LogP contribution in [0.1, 0.15) is 51.2 Å². The average Bonchev–Trinajstić information content (AvgIpc) is 2.88. The van der Waals surface area contributed by atoms with Gasteiger partial charge in [-0.05, 0) is 36.5 Å². The fourth-order valence-electron chi connectivity index (χ4n) is 2.80. The van der Waals surface area contributed by atoms with Gasteiger partial charge < -0.3 is 5.32 Å². The topological polar surface area (TPSA) is 28.2 Å². The van der Waals surface area contributed by atoms with E-state index >= 15 is 0 Å². The third kappa shape index (κ3) is 6.37. The smallest absolute Gasteiger partial charge is 0.366 e. The zero-order valence-electron chi connectivity index (χ0n) is 14.7. The van der Waals surface area contributed by atoms with Gasteiger partial charge in [-0.3, -0.25) is 4.90 Å². The number of aryl methyl sites for hydroxylation is 1. The Labute approximate surface area is 137 Å². The first-order chi connectivity index (χ1) is 10.7. The van der Waals surface area contributed by atoms with Crippen LogP contribution in [-0.2, 0) is 0 Å². The monoisotopic (exact) mass is 331 g/mol. The maximum absolute atomic E-state index is 12.4. The van der Waals surface area contributed by atoms with Gasteiger partial charge in [-0.25, -0.2) is 4.98 Å². The van der Waals surface area contributed by atoms with Crippen LogP contribution in [0, 0.1) is 6.92 Å². The number of hydrogen-bond donors (Lipinski definition) is 1. The van der Waals surface area contributed by atoms with Crippen molar-refractivity contribution in [1.29, 1.82) is 0 Å². The van der Waals surface area contributed by atoms with Crippen molar-refractivity contribution >= 4 is 5.82 Å². The molecule has 0 radical (unpaired) electrons. The Balaban J connectivity index is 0.00000127. The number of aromatic nitrogens is 1. The van der Waals surface area contributed by atoms with E-state index < -0.39 is 12.7 Å². The molecule has 2 rings (SSSR count). The minimum absolute atomic E-state index is 0.0302. The molecule has 0 aliphatic carbocycles. The molecule has 1 aromatic heterocycles. The Morgan fingerprint density at radius 1 is 1.35 bits per heavy atom. The van der Waals surface area contributed by atoms with Gasteiger partial charge >= 0.3 is 6.18 Å². The highest BCUT2D eigenvalue weighted by atomic mass is 19.4. The van der Waals surface area contributed by atoms with E-state index in [0.29, 0.717) is 25.4 Å². The molecule has 2 heterocycles. The highest BCUT2D eigenvalue weighted by Crippen LogP contribution is 2.24. The van der Waals surface area contributed by atoms with Crippen LogP contribution in [-0.4, -0.2) is 41.7 Å². The number of anilines is 1. The molecule has 0 spiro atoms. The van der Waals surface area contributed by atoms with E-state index in [4.69, 9.17) is 0 Å². The lowest BCUT2D eigenvalue weighted by Gasteiger charge is -2.19. The lowest BCUT2D eigenvalue weighted by Crippen LogP contribution is -2.34. The van der Waals surface area contributed by atoms with E-state index in [2.05, 4.69) is 24.1 Å². The molecule has 23 heavy (non-hydrogen) atoms. The molecule has 0 bridgehead atoms. The van der Waals surface area contributed by atoms with Crippen molar-refractivity contribution in [1.82, 2.24) is 9.88 Å². The summed E-state index contributed by atoms with van der Waals surface area (Å²) in [6, 6.07) is 2.04. The van der Waals surface area contributed by atoms with Crippen LogP contribution in [0.25, 0.3) is 0 Å².